The van der Waals surface area contributed by atoms with Crippen molar-refractivity contribution in [1.82, 2.24) is 24.6 Å². The Morgan fingerprint density at radius 1 is 1.32 bits per heavy atom. The first-order chi connectivity index (χ1) is 14.4. The van der Waals surface area contributed by atoms with E-state index in [2.05, 4.69) is 20.4 Å². The second-order valence-electron chi connectivity index (χ2n) is 8.16. The number of likely N-dealkylation sites (tertiary alicyclic amines) is 1. The van der Waals surface area contributed by atoms with Crippen LogP contribution in [0.4, 0.5) is 23.7 Å². The van der Waals surface area contributed by atoms with Crippen LogP contribution in [-0.2, 0) is 9.53 Å². The molecule has 0 spiro atoms. The summed E-state index contributed by atoms with van der Waals surface area (Å²) in [7, 11) is 0. The van der Waals surface area contributed by atoms with Crippen molar-refractivity contribution in [2.75, 3.05) is 11.9 Å². The summed E-state index contributed by atoms with van der Waals surface area (Å²) >= 11 is 0. The van der Waals surface area contributed by atoms with Crippen LogP contribution in [0.5, 0.6) is 0 Å². The molecule has 3 heterocycles. The van der Waals surface area contributed by atoms with Gasteiger partial charge in [-0.3, -0.25) is 9.69 Å². The van der Waals surface area contributed by atoms with E-state index in [0.29, 0.717) is 0 Å². The van der Waals surface area contributed by atoms with Crippen molar-refractivity contribution in [1.29, 1.82) is 0 Å². The molecule has 0 unspecified atom stereocenters. The Bertz CT molecular complexity index is 989. The van der Waals surface area contributed by atoms with Gasteiger partial charge in [0.1, 0.15) is 18.0 Å². The Kier molecular flexibility index (Phi) is 5.92. The molecule has 1 aliphatic heterocycles. The van der Waals surface area contributed by atoms with E-state index in [4.69, 9.17) is 4.74 Å². The summed E-state index contributed by atoms with van der Waals surface area (Å²) in [4.78, 5) is 32.6. The van der Waals surface area contributed by atoms with E-state index in [0.717, 1.165) is 22.0 Å². The number of hydrogen-bond acceptors (Lipinski definition) is 6. The lowest BCUT2D eigenvalue weighted by Gasteiger charge is -2.27. The molecule has 0 radical (unpaired) electrons. The molecular formula is C19H23F3N6O3. The fraction of sp³-hybridized carbons (Fsp3) is 0.526. The van der Waals surface area contributed by atoms with Gasteiger partial charge in [-0.15, -0.1) is 5.10 Å². The molecule has 1 aliphatic rings. The zero-order valence-corrected chi connectivity index (χ0v) is 17.5. The van der Waals surface area contributed by atoms with Gasteiger partial charge in [-0.1, -0.05) is 6.92 Å². The third kappa shape index (κ3) is 5.30. The summed E-state index contributed by atoms with van der Waals surface area (Å²) in [5, 5.41) is 6.54. The number of nitrogens with zero attached hydrogens (tertiary/aromatic N) is 5. The highest BCUT2D eigenvalue weighted by Gasteiger charge is 2.50. The van der Waals surface area contributed by atoms with Crippen molar-refractivity contribution >= 4 is 17.7 Å². The van der Waals surface area contributed by atoms with Gasteiger partial charge in [0, 0.05) is 18.9 Å². The average molecular weight is 440 g/mol. The third-order valence-electron chi connectivity index (χ3n) is 4.35. The predicted octanol–water partition coefficient (Wildman–Crippen LogP) is 3.47. The molecule has 3 rings (SSSR count). The van der Waals surface area contributed by atoms with Gasteiger partial charge in [0.05, 0.1) is 18.4 Å². The van der Waals surface area contributed by atoms with Crippen LogP contribution < -0.4 is 5.32 Å². The summed E-state index contributed by atoms with van der Waals surface area (Å²) in [5.41, 5.74) is -0.700. The largest absolute Gasteiger partial charge is 0.444 e. The molecule has 0 aliphatic carbocycles. The summed E-state index contributed by atoms with van der Waals surface area (Å²) in [6, 6.07) is -0.0780. The zero-order chi connectivity index (χ0) is 23.0. The minimum absolute atomic E-state index is 0.0902. The van der Waals surface area contributed by atoms with Gasteiger partial charge < -0.3 is 10.1 Å². The molecule has 1 fully saturated rings. The predicted molar refractivity (Wildman–Crippen MR) is 103 cm³/mol. The van der Waals surface area contributed by atoms with Gasteiger partial charge >= 0.3 is 6.09 Å². The molecular weight excluding hydrogens is 417 g/mol. The topological polar surface area (TPSA) is 102 Å². The molecule has 2 aromatic heterocycles. The van der Waals surface area contributed by atoms with Crippen LogP contribution in [0.25, 0.3) is 5.82 Å². The van der Waals surface area contributed by atoms with Gasteiger partial charge in [-0.25, -0.2) is 27.9 Å². The zero-order valence-electron chi connectivity index (χ0n) is 17.5. The van der Waals surface area contributed by atoms with Crippen molar-refractivity contribution < 1.29 is 27.5 Å². The quantitative estimate of drug-likeness (QED) is 0.781. The van der Waals surface area contributed by atoms with Crippen LogP contribution in [0, 0.1) is 5.82 Å². The summed E-state index contributed by atoms with van der Waals surface area (Å²) in [5.74, 6) is -4.57. The SMILES string of the molecule is CCC(=O)Nc1cnc(-n2cnc([C@@H]3CC(F)(F)CN3C(=O)OC(C)(C)C)n2)c(F)c1. The first-order valence-corrected chi connectivity index (χ1v) is 9.63. The van der Waals surface area contributed by atoms with Gasteiger partial charge in [0.15, 0.2) is 17.5 Å². The number of alkyl halides is 2. The number of ether oxygens (including phenoxy) is 1. The number of aromatic nitrogens is 4. The van der Waals surface area contributed by atoms with Crippen LogP contribution in [0.2, 0.25) is 0 Å². The molecule has 0 aromatic carbocycles. The number of carbonyl (C=O) groups excluding carboxylic acids is 2. The van der Waals surface area contributed by atoms with Gasteiger partial charge in [-0.2, -0.15) is 4.68 Å². The van der Waals surface area contributed by atoms with Crippen LogP contribution in [-0.4, -0.2) is 54.7 Å². The fourth-order valence-electron chi connectivity index (χ4n) is 3.01. The summed E-state index contributed by atoms with van der Waals surface area (Å²) in [6.45, 7) is 5.70. The van der Waals surface area contributed by atoms with Crippen molar-refractivity contribution in [3.05, 3.63) is 30.2 Å². The van der Waals surface area contributed by atoms with E-state index >= 15 is 0 Å². The number of anilines is 1. The lowest BCUT2D eigenvalue weighted by Crippen LogP contribution is -2.38. The van der Waals surface area contributed by atoms with Crippen LogP contribution in [0.1, 0.15) is 52.4 Å². The van der Waals surface area contributed by atoms with Gasteiger partial charge in [-0.05, 0) is 20.8 Å². The van der Waals surface area contributed by atoms with Crippen LogP contribution >= 0.6 is 0 Å². The Balaban J connectivity index is 1.85. The maximum Gasteiger partial charge on any atom is 0.411 e. The van der Waals surface area contributed by atoms with Crippen LogP contribution in [0.3, 0.4) is 0 Å². The van der Waals surface area contributed by atoms with Crippen molar-refractivity contribution in [2.45, 2.75) is 58.1 Å². The standard InChI is InChI=1S/C19H23F3N6O3/c1-5-14(29)25-11-6-12(20)16(23-8-11)28-10-24-15(26-28)13-7-19(21,22)9-27(13)17(30)31-18(2,3)4/h6,8,10,13H,5,7,9H2,1-4H3,(H,25,29)/t13-/m0/s1. The van der Waals surface area contributed by atoms with Crippen molar-refractivity contribution in [3.63, 3.8) is 0 Å². The minimum atomic E-state index is -3.14. The van der Waals surface area contributed by atoms with E-state index < -0.39 is 42.4 Å². The minimum Gasteiger partial charge on any atom is -0.444 e. The maximum absolute atomic E-state index is 14.5. The molecule has 0 bridgehead atoms. The summed E-state index contributed by atoms with van der Waals surface area (Å²) < 4.78 is 48.8. The second kappa shape index (κ2) is 8.16. The molecule has 2 aromatic rings. The van der Waals surface area contributed by atoms with E-state index in [9.17, 15) is 22.8 Å². The number of pyridine rings is 1. The monoisotopic (exact) mass is 440 g/mol. The van der Waals surface area contributed by atoms with Crippen molar-refractivity contribution in [3.8, 4) is 5.82 Å². The molecule has 12 heteroatoms. The van der Waals surface area contributed by atoms with Crippen molar-refractivity contribution in [2.24, 2.45) is 0 Å². The van der Waals surface area contributed by atoms with Crippen LogP contribution in [0.15, 0.2) is 18.6 Å². The fourth-order valence-corrected chi connectivity index (χ4v) is 3.01. The first-order valence-electron chi connectivity index (χ1n) is 9.63. The number of nitrogens with one attached hydrogen (secondary N) is 1. The number of amides is 2. The molecule has 1 N–H and O–H groups in total. The highest BCUT2D eigenvalue weighted by atomic mass is 19.3. The normalized spacial score (nSPS) is 18.2. The highest BCUT2D eigenvalue weighted by Crippen LogP contribution is 2.40. The maximum atomic E-state index is 14.5. The number of carbonyl (C=O) groups is 2. The van der Waals surface area contributed by atoms with Gasteiger partial charge in [0.2, 0.25) is 5.91 Å². The first kappa shape index (κ1) is 22.5. The second-order valence-corrected chi connectivity index (χ2v) is 8.16. The third-order valence-corrected chi connectivity index (χ3v) is 4.35. The molecule has 1 atom stereocenters. The molecule has 2 amide bonds. The molecule has 1 saturated heterocycles. The van der Waals surface area contributed by atoms with E-state index in [1.807, 2.05) is 0 Å². The molecule has 168 valence electrons. The average Bonchev–Trinajstić information content (AvgIpc) is 3.24. The Morgan fingerprint density at radius 2 is 2.03 bits per heavy atom. The van der Waals surface area contributed by atoms with E-state index in [1.165, 1.54) is 6.20 Å². The molecule has 9 nitrogen and oxygen atoms in total. The molecule has 31 heavy (non-hydrogen) atoms. The Labute approximate surface area is 176 Å². The lowest BCUT2D eigenvalue weighted by atomic mass is 10.2. The Hall–Kier alpha value is -3.18. The van der Waals surface area contributed by atoms with Gasteiger partial charge in [0.25, 0.3) is 5.92 Å². The number of rotatable bonds is 4. The highest BCUT2D eigenvalue weighted by molar-refractivity contribution is 5.90. The molecule has 0 saturated carbocycles. The summed E-state index contributed by atoms with van der Waals surface area (Å²) in [6.07, 6.45) is 0.981. The van der Waals surface area contributed by atoms with E-state index in [-0.39, 0.29) is 29.7 Å². The van der Waals surface area contributed by atoms with E-state index in [1.54, 1.807) is 27.7 Å². The number of halogens is 3. The Morgan fingerprint density at radius 3 is 2.65 bits per heavy atom. The smallest absolute Gasteiger partial charge is 0.411 e. The lowest BCUT2D eigenvalue weighted by molar-refractivity contribution is -0.115. The number of hydrogen-bond donors (Lipinski definition) is 1.